The number of benzene rings is 3. The molecule has 7 nitrogen and oxygen atoms in total. The molecule has 2 aliphatic rings. The Kier molecular flexibility index (Phi) is 6.35. The predicted octanol–water partition coefficient (Wildman–Crippen LogP) is 6.34. The van der Waals surface area contributed by atoms with Crippen molar-refractivity contribution in [2.45, 2.75) is 45.8 Å². The third-order valence-electron chi connectivity index (χ3n) is 7.00. The van der Waals surface area contributed by atoms with E-state index in [1.165, 1.54) is 16.2 Å². The molecule has 0 spiro atoms. The Bertz CT molecular complexity index is 1660. The summed E-state index contributed by atoms with van der Waals surface area (Å²) in [5.74, 6) is -0.307. The number of fused-ring (bicyclic) bond motifs is 2. The van der Waals surface area contributed by atoms with Crippen LogP contribution in [0.2, 0.25) is 0 Å². The van der Waals surface area contributed by atoms with E-state index in [4.69, 9.17) is 14.5 Å². The van der Waals surface area contributed by atoms with Crippen LogP contribution in [0.3, 0.4) is 0 Å². The van der Waals surface area contributed by atoms with Crippen molar-refractivity contribution in [3.05, 3.63) is 88.5 Å². The SMILES string of the molecule is CCCOc1cccc([C@@H]2C(=C(O)c3ccc4c(c3)C[C@H](C)O4)C(=O)C(=O)N2c2nc3ccc(C)cc3s2)c1. The lowest BCUT2D eigenvalue weighted by Gasteiger charge is -2.23. The number of nitrogens with zero attached hydrogens (tertiary/aromatic N) is 2. The first kappa shape index (κ1) is 25.1. The number of hydrogen-bond donors (Lipinski definition) is 1. The minimum atomic E-state index is -0.875. The number of aryl methyl sites for hydroxylation is 1. The summed E-state index contributed by atoms with van der Waals surface area (Å²) in [6, 6.07) is 17.7. The zero-order valence-electron chi connectivity index (χ0n) is 21.9. The minimum absolute atomic E-state index is 0.0231. The van der Waals surface area contributed by atoms with Crippen LogP contribution in [0.5, 0.6) is 11.5 Å². The second-order valence-electron chi connectivity index (χ2n) is 10.0. The highest BCUT2D eigenvalue weighted by Crippen LogP contribution is 2.45. The maximum absolute atomic E-state index is 13.6. The van der Waals surface area contributed by atoms with Crippen LogP contribution in [-0.2, 0) is 16.0 Å². The van der Waals surface area contributed by atoms with Crippen LogP contribution in [-0.4, -0.2) is 34.5 Å². The van der Waals surface area contributed by atoms with Gasteiger partial charge in [-0.15, -0.1) is 0 Å². The molecule has 0 unspecified atom stereocenters. The number of amides is 1. The lowest BCUT2D eigenvalue weighted by molar-refractivity contribution is -0.132. The fourth-order valence-electron chi connectivity index (χ4n) is 5.19. The standard InChI is InChI=1S/C31H28N2O5S/c1-4-12-37-22-7-5-6-19(16-22)27-26(28(34)20-9-11-24-21(15-20)14-18(3)38-24)29(35)30(36)33(27)31-32-23-10-8-17(2)13-25(23)39-31/h5-11,13,15-16,18,27,34H,4,12,14H2,1-3H3/t18-,27+/m0/s1. The summed E-state index contributed by atoms with van der Waals surface area (Å²) in [7, 11) is 0. The molecule has 1 amide bonds. The van der Waals surface area contributed by atoms with Crippen LogP contribution in [0.4, 0.5) is 5.13 Å². The van der Waals surface area contributed by atoms with Gasteiger partial charge >= 0.3 is 5.91 Å². The molecule has 8 heteroatoms. The monoisotopic (exact) mass is 540 g/mol. The molecule has 1 aromatic heterocycles. The van der Waals surface area contributed by atoms with Crippen LogP contribution in [0.15, 0.2) is 66.2 Å². The average molecular weight is 541 g/mol. The van der Waals surface area contributed by atoms with Gasteiger partial charge in [-0.2, -0.15) is 0 Å². The van der Waals surface area contributed by atoms with Crippen LogP contribution < -0.4 is 14.4 Å². The lowest BCUT2D eigenvalue weighted by Crippen LogP contribution is -2.29. The smallest absolute Gasteiger partial charge is 0.301 e. The summed E-state index contributed by atoms with van der Waals surface area (Å²) in [5, 5.41) is 12.0. The fraction of sp³-hybridized carbons (Fsp3) is 0.258. The van der Waals surface area contributed by atoms with E-state index in [2.05, 4.69) is 0 Å². The highest BCUT2D eigenvalue weighted by atomic mass is 32.1. The molecular weight excluding hydrogens is 512 g/mol. The van der Waals surface area contributed by atoms with Gasteiger partial charge in [-0.3, -0.25) is 14.5 Å². The van der Waals surface area contributed by atoms with E-state index in [1.807, 2.05) is 69.3 Å². The van der Waals surface area contributed by atoms with Gasteiger partial charge in [-0.05, 0) is 79.4 Å². The van der Waals surface area contributed by atoms with E-state index in [9.17, 15) is 14.7 Å². The molecule has 3 heterocycles. The van der Waals surface area contributed by atoms with Gasteiger partial charge in [0.25, 0.3) is 5.78 Å². The first-order valence-electron chi connectivity index (χ1n) is 13.0. The van der Waals surface area contributed by atoms with Crippen molar-refractivity contribution < 1.29 is 24.2 Å². The second kappa shape index (κ2) is 9.85. The summed E-state index contributed by atoms with van der Waals surface area (Å²) in [6.45, 7) is 6.54. The Morgan fingerprint density at radius 2 is 2.00 bits per heavy atom. The normalized spacial score (nSPS) is 19.9. The van der Waals surface area contributed by atoms with Crippen molar-refractivity contribution in [1.29, 1.82) is 0 Å². The molecule has 0 saturated carbocycles. The molecule has 1 saturated heterocycles. The maximum Gasteiger partial charge on any atom is 0.301 e. The Hall–Kier alpha value is -4.17. The fourth-order valence-corrected chi connectivity index (χ4v) is 6.28. The Balaban J connectivity index is 1.52. The van der Waals surface area contributed by atoms with Crippen molar-refractivity contribution in [3.8, 4) is 11.5 Å². The van der Waals surface area contributed by atoms with E-state index in [-0.39, 0.29) is 17.4 Å². The van der Waals surface area contributed by atoms with Gasteiger partial charge in [-0.1, -0.05) is 36.5 Å². The Labute approximate surface area is 230 Å². The number of rotatable bonds is 6. The topological polar surface area (TPSA) is 89.0 Å². The van der Waals surface area contributed by atoms with Gasteiger partial charge in [0.15, 0.2) is 5.13 Å². The van der Waals surface area contributed by atoms with E-state index in [0.717, 1.165) is 33.5 Å². The van der Waals surface area contributed by atoms with E-state index in [1.54, 1.807) is 12.1 Å². The van der Waals surface area contributed by atoms with Crippen molar-refractivity contribution >= 4 is 44.1 Å². The van der Waals surface area contributed by atoms with E-state index >= 15 is 0 Å². The minimum Gasteiger partial charge on any atom is -0.507 e. The predicted molar refractivity (Wildman–Crippen MR) is 152 cm³/mol. The third kappa shape index (κ3) is 4.44. The highest BCUT2D eigenvalue weighted by Gasteiger charge is 2.48. The summed E-state index contributed by atoms with van der Waals surface area (Å²) >= 11 is 1.35. The number of Topliss-reactive ketones (excluding diaryl/α,β-unsaturated/α-hetero) is 1. The highest BCUT2D eigenvalue weighted by molar-refractivity contribution is 7.22. The second-order valence-corrected chi connectivity index (χ2v) is 11.0. The number of hydrogen-bond acceptors (Lipinski definition) is 7. The van der Waals surface area contributed by atoms with Gasteiger partial charge in [0.1, 0.15) is 23.4 Å². The molecule has 2 atom stereocenters. The van der Waals surface area contributed by atoms with Crippen molar-refractivity contribution in [1.82, 2.24) is 4.98 Å². The molecule has 1 fully saturated rings. The van der Waals surface area contributed by atoms with Gasteiger partial charge in [-0.25, -0.2) is 4.98 Å². The number of anilines is 1. The third-order valence-corrected chi connectivity index (χ3v) is 8.02. The van der Waals surface area contributed by atoms with Gasteiger partial charge in [0.05, 0.1) is 28.4 Å². The summed E-state index contributed by atoms with van der Waals surface area (Å²) in [5.41, 5.74) is 3.91. The molecular formula is C31H28N2O5S. The van der Waals surface area contributed by atoms with Crippen molar-refractivity contribution in [2.24, 2.45) is 0 Å². The number of thiazole rings is 1. The average Bonchev–Trinajstić information content (AvgIpc) is 3.59. The van der Waals surface area contributed by atoms with Gasteiger partial charge in [0, 0.05) is 12.0 Å². The Morgan fingerprint density at radius 1 is 1.15 bits per heavy atom. The molecule has 3 aromatic carbocycles. The first-order chi connectivity index (χ1) is 18.8. The first-order valence-corrected chi connectivity index (χ1v) is 13.9. The van der Waals surface area contributed by atoms with E-state index < -0.39 is 17.7 Å². The van der Waals surface area contributed by atoms with Crippen molar-refractivity contribution in [2.75, 3.05) is 11.5 Å². The number of carbonyl (C=O) groups is 2. The summed E-state index contributed by atoms with van der Waals surface area (Å²) in [6.07, 6.45) is 1.58. The quantitative estimate of drug-likeness (QED) is 0.174. The zero-order chi connectivity index (χ0) is 27.3. The number of ketones is 1. The molecule has 4 aromatic rings. The van der Waals surface area contributed by atoms with Crippen LogP contribution in [0, 0.1) is 6.92 Å². The van der Waals surface area contributed by atoms with Gasteiger partial charge < -0.3 is 14.6 Å². The summed E-state index contributed by atoms with van der Waals surface area (Å²) in [4.78, 5) is 33.3. The molecule has 198 valence electrons. The molecule has 1 N–H and O–H groups in total. The van der Waals surface area contributed by atoms with Crippen molar-refractivity contribution in [3.63, 3.8) is 0 Å². The molecule has 0 aliphatic carbocycles. The number of ether oxygens (including phenoxy) is 2. The molecule has 39 heavy (non-hydrogen) atoms. The number of aliphatic hydroxyl groups is 1. The molecule has 0 bridgehead atoms. The summed E-state index contributed by atoms with van der Waals surface area (Å²) < 4.78 is 12.6. The molecule has 0 radical (unpaired) electrons. The van der Waals surface area contributed by atoms with E-state index in [0.29, 0.717) is 35.0 Å². The van der Waals surface area contributed by atoms with Gasteiger partial charge in [0.2, 0.25) is 0 Å². The lowest BCUT2D eigenvalue weighted by atomic mass is 9.94. The van der Waals surface area contributed by atoms with Crippen LogP contribution in [0.25, 0.3) is 16.0 Å². The number of carbonyl (C=O) groups excluding carboxylic acids is 2. The number of aliphatic hydroxyl groups excluding tert-OH is 1. The molecule has 6 rings (SSSR count). The number of aromatic nitrogens is 1. The zero-order valence-corrected chi connectivity index (χ0v) is 22.7. The Morgan fingerprint density at radius 3 is 2.82 bits per heavy atom. The largest absolute Gasteiger partial charge is 0.507 e. The van der Waals surface area contributed by atoms with Crippen LogP contribution >= 0.6 is 11.3 Å². The van der Waals surface area contributed by atoms with Crippen LogP contribution in [0.1, 0.15) is 48.6 Å². The maximum atomic E-state index is 13.6. The molecule has 2 aliphatic heterocycles.